The van der Waals surface area contributed by atoms with Crippen LogP contribution in [-0.4, -0.2) is 16.7 Å². The Hall–Kier alpha value is -4.32. The van der Waals surface area contributed by atoms with Crippen LogP contribution in [0.3, 0.4) is 0 Å². The average molecular weight is 450 g/mol. The molecule has 3 aromatic carbocycles. The second-order valence-corrected chi connectivity index (χ2v) is 8.39. The van der Waals surface area contributed by atoms with Gasteiger partial charge in [0, 0.05) is 17.5 Å². The van der Waals surface area contributed by atoms with Crippen LogP contribution in [0.1, 0.15) is 51.7 Å². The van der Waals surface area contributed by atoms with E-state index in [0.717, 1.165) is 40.5 Å². The van der Waals surface area contributed by atoms with Crippen LogP contribution < -0.4 is 9.47 Å². The van der Waals surface area contributed by atoms with Gasteiger partial charge in [-0.15, -0.1) is 0 Å². The van der Waals surface area contributed by atoms with Crippen molar-refractivity contribution in [1.29, 1.82) is 0 Å². The van der Waals surface area contributed by atoms with Crippen LogP contribution in [0.5, 0.6) is 11.5 Å². The minimum atomic E-state index is -0.410. The molecule has 0 bridgehead atoms. The highest BCUT2D eigenvalue weighted by atomic mass is 16.5. The van der Waals surface area contributed by atoms with Crippen LogP contribution in [-0.2, 0) is 0 Å². The van der Waals surface area contributed by atoms with Crippen molar-refractivity contribution in [3.63, 3.8) is 0 Å². The molecule has 2 atom stereocenters. The van der Waals surface area contributed by atoms with Gasteiger partial charge in [-0.05, 0) is 61.5 Å². The number of hydrogen-bond donors (Lipinski definition) is 0. The third-order valence-electron chi connectivity index (χ3n) is 6.11. The molecule has 6 nitrogen and oxygen atoms in total. The summed E-state index contributed by atoms with van der Waals surface area (Å²) >= 11 is 0. The number of aryl methyl sites for hydroxylation is 1. The van der Waals surface area contributed by atoms with E-state index in [-0.39, 0.29) is 6.04 Å². The Morgan fingerprint density at radius 3 is 2.47 bits per heavy atom. The molecular weight excluding hydrogens is 428 g/mol. The number of carbonyl (C=O) groups is 1. The van der Waals surface area contributed by atoms with Crippen molar-refractivity contribution in [1.82, 2.24) is 5.01 Å². The normalized spacial score (nSPS) is 18.5. The van der Waals surface area contributed by atoms with Crippen molar-refractivity contribution in [2.75, 3.05) is 0 Å². The fourth-order valence-electron chi connectivity index (χ4n) is 4.43. The number of fused-ring (bicyclic) bond motifs is 3. The Kier molecular flexibility index (Phi) is 4.91. The monoisotopic (exact) mass is 450 g/mol. The third kappa shape index (κ3) is 3.63. The van der Waals surface area contributed by atoms with E-state index in [1.807, 2.05) is 72.6 Å². The summed E-state index contributed by atoms with van der Waals surface area (Å²) in [6.07, 6.45) is 0.323. The first-order chi connectivity index (χ1) is 16.7. The van der Waals surface area contributed by atoms with E-state index < -0.39 is 12.2 Å². The lowest BCUT2D eigenvalue weighted by Crippen LogP contribution is -2.33. The Morgan fingerprint density at radius 2 is 1.71 bits per heavy atom. The molecule has 0 saturated heterocycles. The van der Waals surface area contributed by atoms with Crippen LogP contribution >= 0.6 is 0 Å². The van der Waals surface area contributed by atoms with Crippen LogP contribution in [0.25, 0.3) is 0 Å². The largest absolute Gasteiger partial charge is 0.464 e. The number of esters is 1. The zero-order chi connectivity index (χ0) is 23.1. The van der Waals surface area contributed by atoms with Gasteiger partial charge in [-0.2, -0.15) is 5.10 Å². The predicted molar refractivity (Wildman–Crippen MR) is 127 cm³/mol. The molecule has 0 amide bonds. The van der Waals surface area contributed by atoms with Gasteiger partial charge in [-0.3, -0.25) is 0 Å². The number of para-hydroxylation sites is 1. The molecule has 0 fully saturated rings. The number of benzene rings is 3. The topological polar surface area (TPSA) is 64.3 Å². The molecule has 3 heterocycles. The number of nitrogens with zero attached hydrogens (tertiary/aromatic N) is 2. The van der Waals surface area contributed by atoms with E-state index in [2.05, 4.69) is 6.07 Å². The summed E-state index contributed by atoms with van der Waals surface area (Å²) in [7, 11) is 0. The summed E-state index contributed by atoms with van der Waals surface area (Å²) in [6.45, 7) is 1.93. The lowest BCUT2D eigenvalue weighted by molar-refractivity contribution is -0.0190. The maximum absolute atomic E-state index is 12.4. The molecule has 0 saturated carbocycles. The SMILES string of the molecule is Cc1ccc(C2=NN3[C@@H](C2)c2ccccc2O[C@H]3c2ccc(OC(=O)c3ccccc3)cc2)o1. The van der Waals surface area contributed by atoms with Gasteiger partial charge >= 0.3 is 5.97 Å². The first-order valence-corrected chi connectivity index (χ1v) is 11.2. The highest BCUT2D eigenvalue weighted by Crippen LogP contribution is 2.47. The summed E-state index contributed by atoms with van der Waals surface area (Å²) in [4.78, 5) is 12.4. The fourth-order valence-corrected chi connectivity index (χ4v) is 4.43. The summed E-state index contributed by atoms with van der Waals surface area (Å²) in [5.41, 5.74) is 3.43. The molecule has 0 N–H and O–H groups in total. The summed E-state index contributed by atoms with van der Waals surface area (Å²) in [5, 5.41) is 6.91. The van der Waals surface area contributed by atoms with Gasteiger partial charge < -0.3 is 13.9 Å². The van der Waals surface area contributed by atoms with Gasteiger partial charge in [0.05, 0.1) is 11.6 Å². The van der Waals surface area contributed by atoms with Crippen LogP contribution in [0.2, 0.25) is 0 Å². The van der Waals surface area contributed by atoms with Crippen molar-refractivity contribution in [3.05, 3.63) is 119 Å². The maximum Gasteiger partial charge on any atom is 0.343 e. The predicted octanol–water partition coefficient (Wildman–Crippen LogP) is 6.05. The molecule has 4 aromatic rings. The molecule has 168 valence electrons. The highest BCUT2D eigenvalue weighted by molar-refractivity contribution is 5.99. The Balaban J connectivity index is 1.29. The van der Waals surface area contributed by atoms with Crippen molar-refractivity contribution < 1.29 is 18.7 Å². The molecule has 0 unspecified atom stereocenters. The number of hydrogen-bond acceptors (Lipinski definition) is 6. The number of carbonyl (C=O) groups excluding carboxylic acids is 1. The molecule has 6 heteroatoms. The average Bonchev–Trinajstić information content (AvgIpc) is 3.51. The zero-order valence-corrected chi connectivity index (χ0v) is 18.5. The molecule has 34 heavy (non-hydrogen) atoms. The minimum absolute atomic E-state index is 0.0472. The van der Waals surface area contributed by atoms with Crippen molar-refractivity contribution in [2.45, 2.75) is 25.6 Å². The van der Waals surface area contributed by atoms with E-state index in [9.17, 15) is 4.79 Å². The molecule has 0 aliphatic carbocycles. The van der Waals surface area contributed by atoms with E-state index in [1.165, 1.54) is 0 Å². The summed E-state index contributed by atoms with van der Waals surface area (Å²) in [6, 6.07) is 28.4. The quantitative estimate of drug-likeness (QED) is 0.280. The first kappa shape index (κ1) is 20.3. The van der Waals surface area contributed by atoms with Gasteiger partial charge in [-0.1, -0.05) is 36.4 Å². The van der Waals surface area contributed by atoms with Gasteiger partial charge in [-0.25, -0.2) is 9.80 Å². The Morgan fingerprint density at radius 1 is 0.941 bits per heavy atom. The van der Waals surface area contributed by atoms with Crippen molar-refractivity contribution >= 4 is 11.7 Å². The van der Waals surface area contributed by atoms with Gasteiger partial charge in [0.2, 0.25) is 6.23 Å². The number of hydrazone groups is 1. The van der Waals surface area contributed by atoms with Gasteiger partial charge in [0.15, 0.2) is 0 Å². The van der Waals surface area contributed by atoms with Crippen LogP contribution in [0.4, 0.5) is 0 Å². The lowest BCUT2D eigenvalue weighted by Gasteiger charge is -2.38. The van der Waals surface area contributed by atoms with E-state index >= 15 is 0 Å². The van der Waals surface area contributed by atoms with Gasteiger partial charge in [0.25, 0.3) is 0 Å². The molecular formula is C28H22N2O4. The molecule has 0 spiro atoms. The lowest BCUT2D eigenvalue weighted by atomic mass is 9.97. The summed E-state index contributed by atoms with van der Waals surface area (Å²) < 4.78 is 17.8. The first-order valence-electron chi connectivity index (χ1n) is 11.2. The molecule has 6 rings (SSSR count). The smallest absolute Gasteiger partial charge is 0.343 e. The van der Waals surface area contributed by atoms with Crippen LogP contribution in [0.15, 0.2) is 101 Å². The van der Waals surface area contributed by atoms with Crippen molar-refractivity contribution in [2.24, 2.45) is 5.10 Å². The van der Waals surface area contributed by atoms with E-state index in [4.69, 9.17) is 19.0 Å². The minimum Gasteiger partial charge on any atom is -0.464 e. The summed E-state index contributed by atoms with van der Waals surface area (Å²) in [5.74, 6) is 2.57. The Labute approximate surface area is 197 Å². The maximum atomic E-state index is 12.4. The van der Waals surface area contributed by atoms with Crippen molar-refractivity contribution in [3.8, 4) is 11.5 Å². The van der Waals surface area contributed by atoms with Crippen LogP contribution in [0, 0.1) is 6.92 Å². The number of rotatable bonds is 4. The second kappa shape index (κ2) is 8.23. The highest BCUT2D eigenvalue weighted by Gasteiger charge is 2.41. The molecule has 2 aliphatic heterocycles. The van der Waals surface area contributed by atoms with E-state index in [1.54, 1.807) is 24.3 Å². The van der Waals surface area contributed by atoms with Gasteiger partial charge in [0.1, 0.15) is 28.7 Å². The zero-order valence-electron chi connectivity index (χ0n) is 18.5. The third-order valence-corrected chi connectivity index (χ3v) is 6.11. The second-order valence-electron chi connectivity index (χ2n) is 8.39. The van der Waals surface area contributed by atoms with E-state index in [0.29, 0.717) is 11.3 Å². The standard InChI is InChI=1S/C28H22N2O4/c1-18-11-16-26(32-18)23-17-24-22-9-5-6-10-25(22)34-27(30(24)29-23)19-12-14-21(15-13-19)33-28(31)20-7-3-2-4-8-20/h2-16,24,27H,17H2,1H3/t24-,27-/m0/s1. The molecule has 1 aromatic heterocycles. The fraction of sp³-hybridized carbons (Fsp3) is 0.143. The molecule has 2 aliphatic rings. The molecule has 0 radical (unpaired) electrons. The number of ether oxygens (including phenoxy) is 2. The number of furan rings is 1. The Bertz CT molecular complexity index is 1380.